The molecule has 0 aromatic rings. The molecule has 0 unspecified atom stereocenters. The molecule has 1 saturated carbocycles. The summed E-state index contributed by atoms with van der Waals surface area (Å²) in [7, 11) is 0. The van der Waals surface area contributed by atoms with E-state index in [-0.39, 0.29) is 5.91 Å². The van der Waals surface area contributed by atoms with Crippen LogP contribution in [0, 0.1) is 5.92 Å². The molecular weight excluding hydrogens is 200 g/mol. The van der Waals surface area contributed by atoms with E-state index in [2.05, 4.69) is 10.6 Å². The second kappa shape index (κ2) is 6.24. The van der Waals surface area contributed by atoms with Gasteiger partial charge in [-0.2, -0.15) is 0 Å². The molecule has 1 heterocycles. The van der Waals surface area contributed by atoms with Crippen LogP contribution in [-0.4, -0.2) is 25.0 Å². The Balaban J connectivity index is 1.59. The lowest BCUT2D eigenvalue weighted by molar-refractivity contribution is -0.122. The Morgan fingerprint density at radius 2 is 2.00 bits per heavy atom. The van der Waals surface area contributed by atoms with Crippen LogP contribution in [0.2, 0.25) is 0 Å². The van der Waals surface area contributed by atoms with Crippen LogP contribution in [-0.2, 0) is 4.79 Å². The van der Waals surface area contributed by atoms with Gasteiger partial charge in [0.25, 0.3) is 0 Å². The summed E-state index contributed by atoms with van der Waals surface area (Å²) in [4.78, 5) is 11.7. The van der Waals surface area contributed by atoms with Crippen molar-refractivity contribution >= 4 is 5.91 Å². The van der Waals surface area contributed by atoms with Gasteiger partial charge in [0.2, 0.25) is 5.91 Å². The van der Waals surface area contributed by atoms with E-state index in [1.54, 1.807) is 0 Å². The van der Waals surface area contributed by atoms with E-state index in [0.29, 0.717) is 6.04 Å². The smallest absolute Gasteiger partial charge is 0.220 e. The number of hydrogen-bond acceptors (Lipinski definition) is 2. The lowest BCUT2D eigenvalue weighted by atomic mass is 9.86. The molecule has 0 spiro atoms. The Bertz CT molecular complexity index is 218. The summed E-state index contributed by atoms with van der Waals surface area (Å²) in [5.41, 5.74) is 0. The van der Waals surface area contributed by atoms with Gasteiger partial charge in [-0.05, 0) is 25.3 Å². The highest BCUT2D eigenvalue weighted by Gasteiger charge is 2.18. The van der Waals surface area contributed by atoms with Crippen LogP contribution in [0.15, 0.2) is 0 Å². The molecule has 0 bridgehead atoms. The highest BCUT2D eigenvalue weighted by molar-refractivity contribution is 5.76. The normalized spacial score (nSPS) is 26.9. The molecule has 1 atom stereocenters. The third-order valence-electron chi connectivity index (χ3n) is 3.93. The molecule has 3 nitrogen and oxygen atoms in total. The van der Waals surface area contributed by atoms with Crippen LogP contribution < -0.4 is 10.6 Å². The maximum atomic E-state index is 11.7. The summed E-state index contributed by atoms with van der Waals surface area (Å²) < 4.78 is 0. The van der Waals surface area contributed by atoms with Crippen LogP contribution >= 0.6 is 0 Å². The molecule has 0 radical (unpaired) electrons. The van der Waals surface area contributed by atoms with Crippen LogP contribution in [0.5, 0.6) is 0 Å². The predicted octanol–water partition coefficient (Wildman–Crippen LogP) is 1.82. The average molecular weight is 224 g/mol. The molecule has 1 aliphatic heterocycles. The molecule has 2 N–H and O–H groups in total. The third kappa shape index (κ3) is 3.78. The van der Waals surface area contributed by atoms with Gasteiger partial charge >= 0.3 is 0 Å². The fraction of sp³-hybridized carbons (Fsp3) is 0.923. The molecule has 1 saturated heterocycles. The van der Waals surface area contributed by atoms with Gasteiger partial charge in [0.15, 0.2) is 0 Å². The number of nitrogens with one attached hydrogen (secondary N) is 2. The van der Waals surface area contributed by atoms with Gasteiger partial charge in [-0.15, -0.1) is 0 Å². The van der Waals surface area contributed by atoms with Crippen molar-refractivity contribution in [3.63, 3.8) is 0 Å². The van der Waals surface area contributed by atoms with Gasteiger partial charge in [-0.1, -0.05) is 32.1 Å². The van der Waals surface area contributed by atoms with Gasteiger partial charge in [0.1, 0.15) is 0 Å². The Labute approximate surface area is 98.4 Å². The number of hydrogen-bond donors (Lipinski definition) is 2. The monoisotopic (exact) mass is 224 g/mol. The summed E-state index contributed by atoms with van der Waals surface area (Å²) in [6.45, 7) is 2.00. The van der Waals surface area contributed by atoms with Crippen LogP contribution in [0.4, 0.5) is 0 Å². The minimum Gasteiger partial charge on any atom is -0.352 e. The van der Waals surface area contributed by atoms with Crippen molar-refractivity contribution < 1.29 is 4.79 Å². The summed E-state index contributed by atoms with van der Waals surface area (Å²) in [6.07, 6.45) is 9.77. The summed E-state index contributed by atoms with van der Waals surface area (Å²) >= 11 is 0. The standard InChI is InChI=1S/C13H24N2O/c16-13(15-12-8-9-14-10-12)7-6-11-4-2-1-3-5-11/h11-12,14H,1-10H2,(H,15,16)/t12-/m0/s1. The van der Waals surface area contributed by atoms with E-state index in [1.807, 2.05) is 0 Å². The zero-order valence-corrected chi connectivity index (χ0v) is 10.1. The largest absolute Gasteiger partial charge is 0.352 e. The maximum Gasteiger partial charge on any atom is 0.220 e. The fourth-order valence-corrected chi connectivity index (χ4v) is 2.89. The van der Waals surface area contributed by atoms with Crippen molar-refractivity contribution in [2.24, 2.45) is 5.92 Å². The van der Waals surface area contributed by atoms with E-state index in [9.17, 15) is 4.79 Å². The van der Waals surface area contributed by atoms with Crippen LogP contribution in [0.3, 0.4) is 0 Å². The quantitative estimate of drug-likeness (QED) is 0.765. The summed E-state index contributed by atoms with van der Waals surface area (Å²) in [5.74, 6) is 1.08. The number of carbonyl (C=O) groups is 1. The fourth-order valence-electron chi connectivity index (χ4n) is 2.89. The van der Waals surface area contributed by atoms with E-state index in [0.717, 1.165) is 38.3 Å². The first-order valence-corrected chi connectivity index (χ1v) is 6.84. The molecule has 1 aliphatic carbocycles. The Hall–Kier alpha value is -0.570. The van der Waals surface area contributed by atoms with Crippen LogP contribution in [0.25, 0.3) is 0 Å². The zero-order chi connectivity index (χ0) is 11.2. The average Bonchev–Trinajstić information content (AvgIpc) is 2.81. The third-order valence-corrected chi connectivity index (χ3v) is 3.93. The highest BCUT2D eigenvalue weighted by atomic mass is 16.1. The topological polar surface area (TPSA) is 41.1 Å². The van der Waals surface area contributed by atoms with Crippen molar-refractivity contribution in [2.75, 3.05) is 13.1 Å². The lowest BCUT2D eigenvalue weighted by Crippen LogP contribution is -2.36. The van der Waals surface area contributed by atoms with Crippen molar-refractivity contribution in [3.05, 3.63) is 0 Å². The second-order valence-corrected chi connectivity index (χ2v) is 5.30. The second-order valence-electron chi connectivity index (χ2n) is 5.30. The van der Waals surface area contributed by atoms with E-state index < -0.39 is 0 Å². The summed E-state index contributed by atoms with van der Waals surface area (Å²) in [5, 5.41) is 6.39. The first-order chi connectivity index (χ1) is 7.84. The summed E-state index contributed by atoms with van der Waals surface area (Å²) in [6, 6.07) is 0.388. The lowest BCUT2D eigenvalue weighted by Gasteiger charge is -2.21. The van der Waals surface area contributed by atoms with E-state index in [1.165, 1.54) is 32.1 Å². The molecule has 2 aliphatic rings. The molecule has 0 aromatic heterocycles. The number of carbonyl (C=O) groups excluding carboxylic acids is 1. The minimum absolute atomic E-state index is 0.263. The van der Waals surface area contributed by atoms with Gasteiger partial charge in [-0.25, -0.2) is 0 Å². The van der Waals surface area contributed by atoms with Crippen molar-refractivity contribution in [3.8, 4) is 0 Å². The van der Waals surface area contributed by atoms with Gasteiger partial charge in [0, 0.05) is 19.0 Å². The molecule has 16 heavy (non-hydrogen) atoms. The van der Waals surface area contributed by atoms with Crippen molar-refractivity contribution in [2.45, 2.75) is 57.4 Å². The predicted molar refractivity (Wildman–Crippen MR) is 65.2 cm³/mol. The molecule has 92 valence electrons. The molecule has 0 aromatic carbocycles. The zero-order valence-electron chi connectivity index (χ0n) is 10.1. The van der Waals surface area contributed by atoms with Gasteiger partial charge in [-0.3, -0.25) is 4.79 Å². The molecule has 2 fully saturated rings. The molecule has 1 amide bonds. The minimum atomic E-state index is 0.263. The molecule has 2 rings (SSSR count). The maximum absolute atomic E-state index is 11.7. The first kappa shape index (κ1) is 11.9. The number of amides is 1. The SMILES string of the molecule is O=C(CCC1CCCCC1)N[C@H]1CCNC1. The van der Waals surface area contributed by atoms with E-state index >= 15 is 0 Å². The molecular formula is C13H24N2O. The van der Waals surface area contributed by atoms with Crippen molar-refractivity contribution in [1.29, 1.82) is 0 Å². The van der Waals surface area contributed by atoms with Crippen LogP contribution in [0.1, 0.15) is 51.4 Å². The Kier molecular flexibility index (Phi) is 4.64. The van der Waals surface area contributed by atoms with Crippen molar-refractivity contribution in [1.82, 2.24) is 10.6 Å². The first-order valence-electron chi connectivity index (χ1n) is 6.84. The van der Waals surface area contributed by atoms with E-state index in [4.69, 9.17) is 0 Å². The van der Waals surface area contributed by atoms with Gasteiger partial charge < -0.3 is 10.6 Å². The van der Waals surface area contributed by atoms with Gasteiger partial charge in [0.05, 0.1) is 0 Å². The number of rotatable bonds is 4. The highest BCUT2D eigenvalue weighted by Crippen LogP contribution is 2.27. The Morgan fingerprint density at radius 1 is 1.19 bits per heavy atom. The molecule has 3 heteroatoms. The Morgan fingerprint density at radius 3 is 2.69 bits per heavy atom.